The zero-order valence-corrected chi connectivity index (χ0v) is 12.5. The number of hydrogen-bond donors (Lipinski definition) is 1. The smallest absolute Gasteiger partial charge is 0.133 e. The predicted octanol–water partition coefficient (Wildman–Crippen LogP) is 3.71. The maximum absolute atomic E-state index is 5.30. The third kappa shape index (κ3) is 2.90. The summed E-state index contributed by atoms with van der Waals surface area (Å²) < 4.78 is 5.30. The van der Waals surface area contributed by atoms with Crippen molar-refractivity contribution in [2.45, 2.75) is 26.7 Å². The van der Waals surface area contributed by atoms with Gasteiger partial charge in [0.1, 0.15) is 17.9 Å². The van der Waals surface area contributed by atoms with Crippen LogP contribution in [0.5, 0.6) is 5.75 Å². The van der Waals surface area contributed by atoms with Crippen LogP contribution in [0.2, 0.25) is 0 Å². The van der Waals surface area contributed by atoms with Gasteiger partial charge in [0, 0.05) is 17.7 Å². The van der Waals surface area contributed by atoms with Crippen LogP contribution in [0.25, 0.3) is 11.3 Å². The molecule has 0 aliphatic heterocycles. The number of methoxy groups -OCH3 is 1. The van der Waals surface area contributed by atoms with Gasteiger partial charge < -0.3 is 10.1 Å². The van der Waals surface area contributed by atoms with Crippen LogP contribution in [0.4, 0.5) is 5.82 Å². The van der Waals surface area contributed by atoms with E-state index in [0.29, 0.717) is 5.92 Å². The maximum atomic E-state index is 5.30. The van der Waals surface area contributed by atoms with E-state index in [1.54, 1.807) is 13.4 Å². The van der Waals surface area contributed by atoms with Crippen LogP contribution < -0.4 is 10.1 Å². The lowest BCUT2D eigenvalue weighted by molar-refractivity contribution is 0.415. The molecule has 0 saturated heterocycles. The van der Waals surface area contributed by atoms with Crippen molar-refractivity contribution in [1.82, 2.24) is 9.97 Å². The summed E-state index contributed by atoms with van der Waals surface area (Å²) in [4.78, 5) is 8.85. The molecular formula is C16H21N3O. The summed E-state index contributed by atoms with van der Waals surface area (Å²) in [5.74, 6) is 2.09. The number of aromatic nitrogens is 2. The summed E-state index contributed by atoms with van der Waals surface area (Å²) >= 11 is 0. The first-order chi connectivity index (χ1) is 9.67. The lowest BCUT2D eigenvalue weighted by Gasteiger charge is -2.16. The van der Waals surface area contributed by atoms with Crippen LogP contribution in [0, 0.1) is 0 Å². The molecule has 2 rings (SSSR count). The molecule has 0 unspecified atom stereocenters. The molecule has 0 atom stereocenters. The SMILES string of the molecule is CCNc1ncnc(-c2cccc(OC)c2)c1C(C)C. The highest BCUT2D eigenvalue weighted by Gasteiger charge is 2.16. The van der Waals surface area contributed by atoms with Gasteiger partial charge in [-0.25, -0.2) is 9.97 Å². The van der Waals surface area contributed by atoms with Crippen LogP contribution in [0.3, 0.4) is 0 Å². The number of nitrogens with zero attached hydrogens (tertiary/aromatic N) is 2. The second-order valence-electron chi connectivity index (χ2n) is 4.90. The zero-order chi connectivity index (χ0) is 14.5. The van der Waals surface area contributed by atoms with E-state index in [4.69, 9.17) is 4.74 Å². The third-order valence-corrected chi connectivity index (χ3v) is 3.15. The molecule has 0 spiro atoms. The molecule has 0 fully saturated rings. The van der Waals surface area contributed by atoms with E-state index in [-0.39, 0.29) is 0 Å². The summed E-state index contributed by atoms with van der Waals surface area (Å²) in [6.45, 7) is 7.22. The van der Waals surface area contributed by atoms with Crippen LogP contribution in [-0.2, 0) is 0 Å². The van der Waals surface area contributed by atoms with E-state index in [0.717, 1.165) is 34.9 Å². The molecule has 0 aliphatic carbocycles. The minimum atomic E-state index is 0.339. The quantitative estimate of drug-likeness (QED) is 0.900. The van der Waals surface area contributed by atoms with Gasteiger partial charge in [-0.2, -0.15) is 0 Å². The van der Waals surface area contributed by atoms with Crippen LogP contribution >= 0.6 is 0 Å². The standard InChI is InChI=1S/C16H21N3O/c1-5-17-16-14(11(2)3)15(18-10-19-16)12-7-6-8-13(9-12)20-4/h6-11H,5H2,1-4H3,(H,17,18,19). The normalized spacial score (nSPS) is 10.7. The van der Waals surface area contributed by atoms with Gasteiger partial charge in [-0.1, -0.05) is 26.0 Å². The molecule has 1 aromatic heterocycles. The summed E-state index contributed by atoms with van der Waals surface area (Å²) in [6.07, 6.45) is 1.61. The number of rotatable bonds is 5. The molecule has 0 aliphatic rings. The van der Waals surface area contributed by atoms with Crippen molar-refractivity contribution in [2.75, 3.05) is 19.0 Å². The van der Waals surface area contributed by atoms with Crippen LogP contribution in [0.1, 0.15) is 32.3 Å². The molecule has 1 N–H and O–H groups in total. The highest BCUT2D eigenvalue weighted by Crippen LogP contribution is 2.33. The fourth-order valence-corrected chi connectivity index (χ4v) is 2.25. The Kier molecular flexibility index (Phi) is 4.56. The Labute approximate surface area is 120 Å². The molecule has 20 heavy (non-hydrogen) atoms. The van der Waals surface area contributed by atoms with Gasteiger partial charge in [0.25, 0.3) is 0 Å². The van der Waals surface area contributed by atoms with E-state index in [9.17, 15) is 0 Å². The number of anilines is 1. The molecule has 1 aromatic carbocycles. The first-order valence-corrected chi connectivity index (χ1v) is 6.90. The van der Waals surface area contributed by atoms with Crippen molar-refractivity contribution in [3.63, 3.8) is 0 Å². The highest BCUT2D eigenvalue weighted by molar-refractivity contribution is 5.70. The Morgan fingerprint density at radius 2 is 2.05 bits per heavy atom. The molecule has 106 valence electrons. The largest absolute Gasteiger partial charge is 0.497 e. The molecule has 1 heterocycles. The Balaban J connectivity index is 2.57. The third-order valence-electron chi connectivity index (χ3n) is 3.15. The van der Waals surface area contributed by atoms with Gasteiger partial charge >= 0.3 is 0 Å². The topological polar surface area (TPSA) is 47.0 Å². The average molecular weight is 271 g/mol. The number of hydrogen-bond acceptors (Lipinski definition) is 4. The predicted molar refractivity (Wildman–Crippen MR) is 82.3 cm³/mol. The molecule has 0 radical (unpaired) electrons. The Bertz CT molecular complexity index is 582. The van der Waals surface area contributed by atoms with E-state index < -0.39 is 0 Å². The minimum Gasteiger partial charge on any atom is -0.497 e. The second kappa shape index (κ2) is 6.37. The van der Waals surface area contributed by atoms with Crippen molar-refractivity contribution >= 4 is 5.82 Å². The van der Waals surface area contributed by atoms with Crippen LogP contribution in [-0.4, -0.2) is 23.6 Å². The fourth-order valence-electron chi connectivity index (χ4n) is 2.25. The minimum absolute atomic E-state index is 0.339. The van der Waals surface area contributed by atoms with Gasteiger partial charge in [-0.05, 0) is 25.0 Å². The summed E-state index contributed by atoms with van der Waals surface area (Å²) in [7, 11) is 1.67. The second-order valence-corrected chi connectivity index (χ2v) is 4.90. The molecule has 0 amide bonds. The van der Waals surface area contributed by atoms with Gasteiger partial charge in [0.05, 0.1) is 12.8 Å². The number of benzene rings is 1. The van der Waals surface area contributed by atoms with Gasteiger partial charge in [-0.3, -0.25) is 0 Å². The van der Waals surface area contributed by atoms with E-state index in [1.165, 1.54) is 0 Å². The van der Waals surface area contributed by atoms with Gasteiger partial charge in [0.15, 0.2) is 0 Å². The lowest BCUT2D eigenvalue weighted by atomic mass is 9.97. The van der Waals surface area contributed by atoms with Crippen molar-refractivity contribution < 1.29 is 4.74 Å². The summed E-state index contributed by atoms with van der Waals surface area (Å²) in [5, 5.41) is 3.31. The molecule has 2 aromatic rings. The van der Waals surface area contributed by atoms with Crippen molar-refractivity contribution in [1.29, 1.82) is 0 Å². The molecule has 4 heteroatoms. The number of nitrogens with one attached hydrogen (secondary N) is 1. The first kappa shape index (κ1) is 14.3. The summed E-state index contributed by atoms with van der Waals surface area (Å²) in [6, 6.07) is 7.97. The Morgan fingerprint density at radius 1 is 1.25 bits per heavy atom. The molecule has 0 saturated carbocycles. The van der Waals surface area contributed by atoms with Gasteiger partial charge in [-0.15, -0.1) is 0 Å². The average Bonchev–Trinajstić information content (AvgIpc) is 2.47. The zero-order valence-electron chi connectivity index (χ0n) is 12.5. The fraction of sp³-hybridized carbons (Fsp3) is 0.375. The van der Waals surface area contributed by atoms with Crippen molar-refractivity contribution in [3.05, 3.63) is 36.2 Å². The molecule has 4 nitrogen and oxygen atoms in total. The summed E-state index contributed by atoms with van der Waals surface area (Å²) in [5.41, 5.74) is 3.15. The van der Waals surface area contributed by atoms with E-state index in [2.05, 4.69) is 36.1 Å². The van der Waals surface area contributed by atoms with Crippen molar-refractivity contribution in [2.24, 2.45) is 0 Å². The highest BCUT2D eigenvalue weighted by atomic mass is 16.5. The Morgan fingerprint density at radius 3 is 2.70 bits per heavy atom. The first-order valence-electron chi connectivity index (χ1n) is 6.90. The van der Waals surface area contributed by atoms with E-state index >= 15 is 0 Å². The van der Waals surface area contributed by atoms with E-state index in [1.807, 2.05) is 24.3 Å². The monoisotopic (exact) mass is 271 g/mol. The molecule has 0 bridgehead atoms. The van der Waals surface area contributed by atoms with Crippen LogP contribution in [0.15, 0.2) is 30.6 Å². The number of ether oxygens (including phenoxy) is 1. The van der Waals surface area contributed by atoms with Gasteiger partial charge in [0.2, 0.25) is 0 Å². The maximum Gasteiger partial charge on any atom is 0.133 e. The molecular weight excluding hydrogens is 250 g/mol. The van der Waals surface area contributed by atoms with Crippen molar-refractivity contribution in [3.8, 4) is 17.0 Å². The lowest BCUT2D eigenvalue weighted by Crippen LogP contribution is -2.07. The Hall–Kier alpha value is -2.10.